The van der Waals surface area contributed by atoms with Gasteiger partial charge in [-0.2, -0.15) is 0 Å². The zero-order chi connectivity index (χ0) is 23.4. The molecule has 0 spiro atoms. The molecule has 3 aromatic rings. The van der Waals surface area contributed by atoms with E-state index in [0.29, 0.717) is 28.8 Å². The number of nitrogens with zero attached hydrogens (tertiary/aromatic N) is 3. The van der Waals surface area contributed by atoms with Gasteiger partial charge in [-0.3, -0.25) is 10.1 Å². The van der Waals surface area contributed by atoms with Crippen LogP contribution in [0.5, 0.6) is 5.88 Å². The van der Waals surface area contributed by atoms with Crippen LogP contribution in [0.4, 0.5) is 21.3 Å². The van der Waals surface area contributed by atoms with Crippen LogP contribution in [0.25, 0.3) is 0 Å². The first-order valence-corrected chi connectivity index (χ1v) is 11.5. The lowest BCUT2D eigenvalue weighted by atomic mass is 10.1. The molecule has 3 N–H and O–H groups in total. The number of carbonyl (C=O) groups excluding carboxylic acids is 2. The van der Waals surface area contributed by atoms with Crippen molar-refractivity contribution in [2.24, 2.45) is 0 Å². The van der Waals surface area contributed by atoms with Crippen molar-refractivity contribution >= 4 is 39.8 Å². The van der Waals surface area contributed by atoms with E-state index in [9.17, 15) is 9.59 Å². The first kappa shape index (κ1) is 22.5. The van der Waals surface area contributed by atoms with Crippen molar-refractivity contribution in [2.75, 3.05) is 29.2 Å². The van der Waals surface area contributed by atoms with E-state index in [-0.39, 0.29) is 11.9 Å². The van der Waals surface area contributed by atoms with E-state index in [4.69, 9.17) is 4.74 Å². The van der Waals surface area contributed by atoms with Crippen molar-refractivity contribution in [1.82, 2.24) is 15.3 Å². The van der Waals surface area contributed by atoms with Crippen molar-refractivity contribution in [2.45, 2.75) is 32.9 Å². The maximum Gasteiger partial charge on any atom is 0.325 e. The standard InChI is InChI=1S/C23H26N6O3S/c1-14(2)25-21(30)16-6-4-5-7-17(16)26-22(31)28-23-27-18-10-11-29(13-19(18)33-23)15-8-9-20(32-3)24-12-15/h4-9,12,14H,10-11,13H2,1-3H3,(H,25,30)(H2,26,27,28,31). The SMILES string of the molecule is COc1ccc(N2CCc3nc(NC(=O)Nc4ccccc4C(=O)NC(C)C)sc3C2)cn1. The number of aromatic nitrogens is 2. The number of rotatable bonds is 6. The minimum Gasteiger partial charge on any atom is -0.481 e. The molecule has 1 aliphatic heterocycles. The summed E-state index contributed by atoms with van der Waals surface area (Å²) in [5, 5.41) is 8.93. The van der Waals surface area contributed by atoms with Gasteiger partial charge in [0, 0.05) is 30.0 Å². The second kappa shape index (κ2) is 9.86. The molecule has 0 saturated carbocycles. The highest BCUT2D eigenvalue weighted by Gasteiger charge is 2.22. The Hall–Kier alpha value is -3.66. The lowest BCUT2D eigenvalue weighted by Crippen LogP contribution is -2.31. The number of amides is 3. The highest BCUT2D eigenvalue weighted by molar-refractivity contribution is 7.15. The highest BCUT2D eigenvalue weighted by atomic mass is 32.1. The summed E-state index contributed by atoms with van der Waals surface area (Å²) in [6.07, 6.45) is 2.57. The van der Waals surface area contributed by atoms with Crippen LogP contribution in [-0.2, 0) is 13.0 Å². The fraction of sp³-hybridized carbons (Fsp3) is 0.304. The van der Waals surface area contributed by atoms with Crippen LogP contribution in [0.2, 0.25) is 0 Å². The van der Waals surface area contributed by atoms with Gasteiger partial charge in [-0.25, -0.2) is 14.8 Å². The largest absolute Gasteiger partial charge is 0.481 e. The zero-order valence-electron chi connectivity index (χ0n) is 18.7. The fourth-order valence-electron chi connectivity index (χ4n) is 3.53. The van der Waals surface area contributed by atoms with Crippen LogP contribution in [-0.4, -0.2) is 41.6 Å². The number of methoxy groups -OCH3 is 1. The average Bonchev–Trinajstić information content (AvgIpc) is 3.20. The number of carbonyl (C=O) groups is 2. The number of ether oxygens (including phenoxy) is 1. The topological polar surface area (TPSA) is 108 Å². The third-order valence-corrected chi connectivity index (χ3v) is 6.08. The van der Waals surface area contributed by atoms with E-state index < -0.39 is 6.03 Å². The molecule has 2 aromatic heterocycles. The monoisotopic (exact) mass is 466 g/mol. The van der Waals surface area contributed by atoms with Gasteiger partial charge in [0.15, 0.2) is 5.13 Å². The van der Waals surface area contributed by atoms with Gasteiger partial charge in [0.2, 0.25) is 5.88 Å². The van der Waals surface area contributed by atoms with Crippen LogP contribution < -0.4 is 25.6 Å². The Bertz CT molecular complexity index is 1150. The molecule has 172 valence electrons. The third-order valence-electron chi connectivity index (χ3n) is 5.09. The summed E-state index contributed by atoms with van der Waals surface area (Å²) in [6, 6.07) is 10.3. The van der Waals surface area contributed by atoms with Gasteiger partial charge in [0.05, 0.1) is 42.5 Å². The van der Waals surface area contributed by atoms with Gasteiger partial charge < -0.3 is 20.3 Å². The summed E-state index contributed by atoms with van der Waals surface area (Å²) in [7, 11) is 1.59. The minimum absolute atomic E-state index is 0.00529. The Morgan fingerprint density at radius 1 is 1.15 bits per heavy atom. The van der Waals surface area contributed by atoms with Gasteiger partial charge in [-0.15, -0.1) is 0 Å². The maximum atomic E-state index is 12.6. The lowest BCUT2D eigenvalue weighted by Gasteiger charge is -2.27. The summed E-state index contributed by atoms with van der Waals surface area (Å²) >= 11 is 1.45. The molecule has 1 aliphatic rings. The molecule has 0 radical (unpaired) electrons. The number of thiazole rings is 1. The maximum absolute atomic E-state index is 12.6. The van der Waals surface area contributed by atoms with Crippen LogP contribution in [0, 0.1) is 0 Å². The predicted octanol–water partition coefficient (Wildman–Crippen LogP) is 3.89. The van der Waals surface area contributed by atoms with Gasteiger partial charge in [0.1, 0.15) is 0 Å². The normalized spacial score (nSPS) is 12.8. The van der Waals surface area contributed by atoms with E-state index in [1.807, 2.05) is 26.0 Å². The van der Waals surface area contributed by atoms with Gasteiger partial charge in [-0.1, -0.05) is 23.5 Å². The summed E-state index contributed by atoms with van der Waals surface area (Å²) in [5.41, 5.74) is 2.85. The van der Waals surface area contributed by atoms with E-state index in [0.717, 1.165) is 29.2 Å². The van der Waals surface area contributed by atoms with E-state index in [1.54, 1.807) is 37.6 Å². The van der Waals surface area contributed by atoms with Crippen LogP contribution in [0.1, 0.15) is 34.8 Å². The molecule has 0 bridgehead atoms. The molecular formula is C23H26N6O3S. The number of benzene rings is 1. The Balaban J connectivity index is 1.41. The molecule has 33 heavy (non-hydrogen) atoms. The first-order chi connectivity index (χ1) is 15.9. The molecular weight excluding hydrogens is 440 g/mol. The Kier molecular flexibility index (Phi) is 6.74. The second-order valence-electron chi connectivity index (χ2n) is 7.87. The number of anilines is 3. The zero-order valence-corrected chi connectivity index (χ0v) is 19.5. The molecule has 3 heterocycles. The van der Waals surface area contributed by atoms with Gasteiger partial charge in [0.25, 0.3) is 5.91 Å². The number of pyridine rings is 1. The van der Waals surface area contributed by atoms with Gasteiger partial charge >= 0.3 is 6.03 Å². The quantitative estimate of drug-likeness (QED) is 0.509. The molecule has 0 aliphatic carbocycles. The molecule has 0 atom stereocenters. The number of urea groups is 1. The molecule has 3 amide bonds. The van der Waals surface area contributed by atoms with Crippen LogP contribution in [0.15, 0.2) is 42.6 Å². The summed E-state index contributed by atoms with van der Waals surface area (Å²) in [5.74, 6) is 0.341. The molecule has 4 rings (SSSR count). The highest BCUT2D eigenvalue weighted by Crippen LogP contribution is 2.31. The molecule has 10 heteroatoms. The van der Waals surface area contributed by atoms with Crippen LogP contribution in [0.3, 0.4) is 0 Å². The third kappa shape index (κ3) is 5.40. The van der Waals surface area contributed by atoms with E-state index in [1.165, 1.54) is 11.3 Å². The molecule has 1 aromatic carbocycles. The summed E-state index contributed by atoms with van der Waals surface area (Å²) in [6.45, 7) is 5.28. The lowest BCUT2D eigenvalue weighted by molar-refractivity contribution is 0.0944. The minimum atomic E-state index is -0.442. The number of nitrogens with one attached hydrogen (secondary N) is 3. The Morgan fingerprint density at radius 2 is 1.97 bits per heavy atom. The number of hydrogen-bond acceptors (Lipinski definition) is 7. The van der Waals surface area contributed by atoms with Gasteiger partial charge in [-0.05, 0) is 32.0 Å². The second-order valence-corrected chi connectivity index (χ2v) is 8.96. The summed E-state index contributed by atoms with van der Waals surface area (Å²) in [4.78, 5) is 37.2. The van der Waals surface area contributed by atoms with E-state index >= 15 is 0 Å². The van der Waals surface area contributed by atoms with Crippen molar-refractivity contribution < 1.29 is 14.3 Å². The molecule has 0 saturated heterocycles. The Morgan fingerprint density at radius 3 is 2.70 bits per heavy atom. The fourth-order valence-corrected chi connectivity index (χ4v) is 4.55. The number of fused-ring (bicyclic) bond motifs is 1. The number of para-hydroxylation sites is 1. The van der Waals surface area contributed by atoms with Crippen molar-refractivity contribution in [3.05, 3.63) is 58.7 Å². The van der Waals surface area contributed by atoms with E-state index in [2.05, 4.69) is 30.8 Å². The average molecular weight is 467 g/mol. The first-order valence-electron chi connectivity index (χ1n) is 10.6. The van der Waals surface area contributed by atoms with Crippen LogP contribution >= 0.6 is 11.3 Å². The molecule has 0 fully saturated rings. The number of hydrogen-bond donors (Lipinski definition) is 3. The smallest absolute Gasteiger partial charge is 0.325 e. The van der Waals surface area contributed by atoms with Crippen molar-refractivity contribution in [3.8, 4) is 5.88 Å². The molecule has 9 nitrogen and oxygen atoms in total. The van der Waals surface area contributed by atoms with Crippen molar-refractivity contribution in [3.63, 3.8) is 0 Å². The summed E-state index contributed by atoms with van der Waals surface area (Å²) < 4.78 is 5.13. The van der Waals surface area contributed by atoms with Crippen molar-refractivity contribution in [1.29, 1.82) is 0 Å². The predicted molar refractivity (Wildman–Crippen MR) is 129 cm³/mol. The Labute approximate surface area is 196 Å². The molecule has 0 unspecified atom stereocenters.